The zero-order chi connectivity index (χ0) is 11.7. The van der Waals surface area contributed by atoms with E-state index in [0.717, 1.165) is 19.4 Å². The van der Waals surface area contributed by atoms with Gasteiger partial charge in [-0.1, -0.05) is 18.2 Å². The standard InChI is InChI=1S/C14H16N2O/c17-10-16(12-5-6-12)8-7-11-9-15-14-4-2-1-3-13(11)14/h1-4,9-10,12,15H,5-8H2. The van der Waals surface area contributed by atoms with Crippen molar-refractivity contribution in [1.29, 1.82) is 0 Å². The van der Waals surface area contributed by atoms with Crippen LogP contribution in [0.1, 0.15) is 18.4 Å². The normalized spacial score (nSPS) is 15.1. The average molecular weight is 228 g/mol. The Labute approximate surface area is 100 Å². The molecular weight excluding hydrogens is 212 g/mol. The number of nitrogens with zero attached hydrogens (tertiary/aromatic N) is 1. The van der Waals surface area contributed by atoms with Gasteiger partial charge in [-0.25, -0.2) is 0 Å². The van der Waals surface area contributed by atoms with Crippen LogP contribution in [-0.4, -0.2) is 28.9 Å². The summed E-state index contributed by atoms with van der Waals surface area (Å²) in [5.74, 6) is 0. The number of H-pyrrole nitrogens is 1. The molecule has 1 aliphatic rings. The van der Waals surface area contributed by atoms with Crippen LogP contribution in [0.15, 0.2) is 30.5 Å². The van der Waals surface area contributed by atoms with Gasteiger partial charge >= 0.3 is 0 Å². The fourth-order valence-electron chi connectivity index (χ4n) is 2.32. The molecule has 1 aromatic heterocycles. The van der Waals surface area contributed by atoms with Crippen LogP contribution in [0.4, 0.5) is 0 Å². The maximum absolute atomic E-state index is 10.9. The summed E-state index contributed by atoms with van der Waals surface area (Å²) in [6.07, 6.45) is 6.32. The monoisotopic (exact) mass is 228 g/mol. The Hall–Kier alpha value is -1.77. The van der Waals surface area contributed by atoms with E-state index in [-0.39, 0.29) is 0 Å². The molecule has 0 bridgehead atoms. The van der Waals surface area contributed by atoms with Gasteiger partial charge in [0.1, 0.15) is 0 Å². The van der Waals surface area contributed by atoms with Gasteiger partial charge in [0.15, 0.2) is 0 Å². The first-order chi connectivity index (χ1) is 8.38. The third-order valence-electron chi connectivity index (χ3n) is 3.47. The Balaban J connectivity index is 1.73. The van der Waals surface area contributed by atoms with Crippen molar-refractivity contribution in [1.82, 2.24) is 9.88 Å². The molecule has 1 fully saturated rings. The summed E-state index contributed by atoms with van der Waals surface area (Å²) in [6, 6.07) is 8.81. The number of hydrogen-bond donors (Lipinski definition) is 1. The lowest BCUT2D eigenvalue weighted by Gasteiger charge is -2.15. The van der Waals surface area contributed by atoms with Gasteiger partial charge in [-0.3, -0.25) is 4.79 Å². The Bertz CT molecular complexity index is 528. The highest BCUT2D eigenvalue weighted by atomic mass is 16.1. The highest BCUT2D eigenvalue weighted by molar-refractivity contribution is 5.83. The molecule has 2 aromatic rings. The zero-order valence-electron chi connectivity index (χ0n) is 9.73. The van der Waals surface area contributed by atoms with Gasteiger partial charge in [-0.15, -0.1) is 0 Å². The summed E-state index contributed by atoms with van der Waals surface area (Å²) >= 11 is 0. The second-order valence-electron chi connectivity index (χ2n) is 4.68. The largest absolute Gasteiger partial charge is 0.361 e. The van der Waals surface area contributed by atoms with E-state index < -0.39 is 0 Å². The predicted molar refractivity (Wildman–Crippen MR) is 67.8 cm³/mol. The second kappa shape index (κ2) is 4.24. The van der Waals surface area contributed by atoms with Crippen molar-refractivity contribution >= 4 is 17.3 Å². The van der Waals surface area contributed by atoms with Gasteiger partial charge in [0.25, 0.3) is 0 Å². The molecule has 0 saturated heterocycles. The summed E-state index contributed by atoms with van der Waals surface area (Å²) in [6.45, 7) is 0.829. The van der Waals surface area contributed by atoms with Crippen LogP contribution in [0.5, 0.6) is 0 Å². The number of aromatic amines is 1. The number of para-hydroxylation sites is 1. The molecule has 1 saturated carbocycles. The number of benzene rings is 1. The number of carbonyl (C=O) groups is 1. The van der Waals surface area contributed by atoms with Gasteiger partial charge in [-0.05, 0) is 30.9 Å². The molecule has 0 aliphatic heterocycles. The van der Waals surface area contributed by atoms with Crippen molar-refractivity contribution in [3.63, 3.8) is 0 Å². The first-order valence-corrected chi connectivity index (χ1v) is 6.14. The molecular formula is C14H16N2O. The lowest BCUT2D eigenvalue weighted by Crippen LogP contribution is -2.26. The molecule has 3 rings (SSSR count). The minimum Gasteiger partial charge on any atom is -0.361 e. The Morgan fingerprint density at radius 1 is 1.35 bits per heavy atom. The molecule has 0 atom stereocenters. The first-order valence-electron chi connectivity index (χ1n) is 6.14. The van der Waals surface area contributed by atoms with E-state index >= 15 is 0 Å². The number of aromatic nitrogens is 1. The SMILES string of the molecule is O=CN(CCc1c[nH]c2ccccc12)C1CC1. The fraction of sp³-hybridized carbons (Fsp3) is 0.357. The third kappa shape index (κ3) is 2.05. The minimum atomic E-state index is 0.512. The summed E-state index contributed by atoms with van der Waals surface area (Å²) in [5, 5.41) is 1.27. The van der Waals surface area contributed by atoms with E-state index in [2.05, 4.69) is 29.4 Å². The molecule has 0 radical (unpaired) electrons. The molecule has 1 amide bonds. The fourth-order valence-corrected chi connectivity index (χ4v) is 2.32. The molecule has 3 nitrogen and oxygen atoms in total. The smallest absolute Gasteiger partial charge is 0.209 e. The number of fused-ring (bicyclic) bond motifs is 1. The van der Waals surface area contributed by atoms with E-state index in [1.165, 1.54) is 29.3 Å². The Morgan fingerprint density at radius 2 is 2.18 bits per heavy atom. The summed E-state index contributed by atoms with van der Waals surface area (Å²) in [7, 11) is 0. The van der Waals surface area contributed by atoms with Crippen LogP contribution in [0.3, 0.4) is 0 Å². The summed E-state index contributed by atoms with van der Waals surface area (Å²) < 4.78 is 0. The van der Waals surface area contributed by atoms with Crippen LogP contribution >= 0.6 is 0 Å². The van der Waals surface area contributed by atoms with Crippen molar-refractivity contribution in [2.24, 2.45) is 0 Å². The second-order valence-corrected chi connectivity index (χ2v) is 4.68. The van der Waals surface area contributed by atoms with E-state index in [4.69, 9.17) is 0 Å². The zero-order valence-corrected chi connectivity index (χ0v) is 9.73. The number of amides is 1. The van der Waals surface area contributed by atoms with Gasteiger partial charge in [0.2, 0.25) is 6.41 Å². The van der Waals surface area contributed by atoms with Gasteiger partial charge in [-0.2, -0.15) is 0 Å². The van der Waals surface area contributed by atoms with Crippen molar-refractivity contribution in [2.45, 2.75) is 25.3 Å². The van der Waals surface area contributed by atoms with Crippen LogP contribution in [0.25, 0.3) is 10.9 Å². The minimum absolute atomic E-state index is 0.512. The molecule has 0 unspecified atom stereocenters. The molecule has 1 aromatic carbocycles. The number of rotatable bonds is 5. The average Bonchev–Trinajstić information content (AvgIpc) is 3.12. The molecule has 3 heteroatoms. The molecule has 1 heterocycles. The van der Waals surface area contributed by atoms with Crippen LogP contribution < -0.4 is 0 Å². The maximum Gasteiger partial charge on any atom is 0.209 e. The highest BCUT2D eigenvalue weighted by Gasteiger charge is 2.27. The lowest BCUT2D eigenvalue weighted by molar-refractivity contribution is -0.118. The van der Waals surface area contributed by atoms with Gasteiger partial charge < -0.3 is 9.88 Å². The van der Waals surface area contributed by atoms with E-state index in [1.807, 2.05) is 11.0 Å². The topological polar surface area (TPSA) is 36.1 Å². The highest BCUT2D eigenvalue weighted by Crippen LogP contribution is 2.26. The van der Waals surface area contributed by atoms with E-state index in [0.29, 0.717) is 6.04 Å². The quantitative estimate of drug-likeness (QED) is 0.783. The van der Waals surface area contributed by atoms with Crippen molar-refractivity contribution in [3.8, 4) is 0 Å². The van der Waals surface area contributed by atoms with Crippen molar-refractivity contribution in [2.75, 3.05) is 6.54 Å². The van der Waals surface area contributed by atoms with E-state index in [9.17, 15) is 4.79 Å². The van der Waals surface area contributed by atoms with Crippen LogP contribution in [0.2, 0.25) is 0 Å². The molecule has 1 N–H and O–H groups in total. The first kappa shape index (κ1) is 10.4. The third-order valence-corrected chi connectivity index (χ3v) is 3.47. The number of carbonyl (C=O) groups excluding carboxylic acids is 1. The lowest BCUT2D eigenvalue weighted by atomic mass is 10.1. The molecule has 88 valence electrons. The molecule has 0 spiro atoms. The molecule has 1 aliphatic carbocycles. The van der Waals surface area contributed by atoms with Gasteiger partial charge in [0, 0.05) is 29.7 Å². The predicted octanol–water partition coefficient (Wildman–Crippen LogP) is 2.33. The Kier molecular flexibility index (Phi) is 2.59. The van der Waals surface area contributed by atoms with Crippen molar-refractivity contribution in [3.05, 3.63) is 36.0 Å². The van der Waals surface area contributed by atoms with E-state index in [1.54, 1.807) is 0 Å². The van der Waals surface area contributed by atoms with Crippen molar-refractivity contribution < 1.29 is 4.79 Å². The number of nitrogens with one attached hydrogen (secondary N) is 1. The summed E-state index contributed by atoms with van der Waals surface area (Å²) in [4.78, 5) is 16.1. The maximum atomic E-state index is 10.9. The van der Waals surface area contributed by atoms with Crippen LogP contribution in [-0.2, 0) is 11.2 Å². The summed E-state index contributed by atoms with van der Waals surface area (Å²) in [5.41, 5.74) is 2.47. The Morgan fingerprint density at radius 3 is 2.94 bits per heavy atom. The number of hydrogen-bond acceptors (Lipinski definition) is 1. The van der Waals surface area contributed by atoms with Gasteiger partial charge in [0.05, 0.1) is 0 Å². The molecule has 17 heavy (non-hydrogen) atoms. The van der Waals surface area contributed by atoms with Crippen LogP contribution in [0, 0.1) is 0 Å².